The van der Waals surface area contributed by atoms with Crippen LogP contribution in [0.25, 0.3) is 11.4 Å². The van der Waals surface area contributed by atoms with Gasteiger partial charge in [0, 0.05) is 12.0 Å². The number of rotatable bonds is 4. The average Bonchev–Trinajstić information content (AvgIpc) is 2.98. The minimum atomic E-state index is 0.494. The predicted molar refractivity (Wildman–Crippen MR) is 83.7 cm³/mol. The molecule has 1 aromatic carbocycles. The molecule has 0 bridgehead atoms. The lowest BCUT2D eigenvalue weighted by molar-refractivity contribution is 0.327. The lowest BCUT2D eigenvalue weighted by Crippen LogP contribution is -2.29. The summed E-state index contributed by atoms with van der Waals surface area (Å²) >= 11 is 11.9. The van der Waals surface area contributed by atoms with Crippen LogP contribution in [0.1, 0.15) is 25.2 Å². The van der Waals surface area contributed by atoms with E-state index in [0.717, 1.165) is 31.5 Å². The topological polar surface area (TPSA) is 51.0 Å². The third-order valence-electron chi connectivity index (χ3n) is 3.81. The van der Waals surface area contributed by atoms with E-state index >= 15 is 0 Å². The molecule has 1 unspecified atom stereocenters. The summed E-state index contributed by atoms with van der Waals surface area (Å²) in [6.45, 7) is 2.23. The van der Waals surface area contributed by atoms with Gasteiger partial charge in [0.1, 0.15) is 0 Å². The van der Waals surface area contributed by atoms with Crippen LogP contribution in [0.15, 0.2) is 22.7 Å². The molecule has 1 aliphatic rings. The Balaban J connectivity index is 1.63. The minimum absolute atomic E-state index is 0.494. The third-order valence-corrected chi connectivity index (χ3v) is 4.55. The maximum atomic E-state index is 6.01. The summed E-state index contributed by atoms with van der Waals surface area (Å²) in [7, 11) is 0. The number of hydrogen-bond donors (Lipinski definition) is 1. The monoisotopic (exact) mass is 325 g/mol. The maximum Gasteiger partial charge on any atom is 0.226 e. The molecule has 6 heteroatoms. The van der Waals surface area contributed by atoms with Crippen molar-refractivity contribution < 1.29 is 4.52 Å². The smallest absolute Gasteiger partial charge is 0.226 e. The van der Waals surface area contributed by atoms with Gasteiger partial charge in [-0.25, -0.2) is 0 Å². The van der Waals surface area contributed by atoms with Crippen LogP contribution >= 0.6 is 23.2 Å². The molecule has 0 aliphatic carbocycles. The quantitative estimate of drug-likeness (QED) is 0.923. The lowest BCUT2D eigenvalue weighted by Gasteiger charge is -2.21. The van der Waals surface area contributed by atoms with Crippen LogP contribution in [0.3, 0.4) is 0 Å². The summed E-state index contributed by atoms with van der Waals surface area (Å²) in [4.78, 5) is 4.44. The molecule has 21 heavy (non-hydrogen) atoms. The summed E-state index contributed by atoms with van der Waals surface area (Å²) in [6.07, 6.45) is 4.43. The van der Waals surface area contributed by atoms with E-state index in [1.807, 2.05) is 6.07 Å². The van der Waals surface area contributed by atoms with Crippen LogP contribution in [0.2, 0.25) is 10.0 Å². The Hall–Kier alpha value is -1.10. The highest BCUT2D eigenvalue weighted by atomic mass is 35.5. The van der Waals surface area contributed by atoms with Crippen molar-refractivity contribution in [3.8, 4) is 11.4 Å². The van der Waals surface area contributed by atoms with E-state index < -0.39 is 0 Å². The molecule has 0 spiro atoms. The van der Waals surface area contributed by atoms with Gasteiger partial charge >= 0.3 is 0 Å². The fourth-order valence-electron chi connectivity index (χ4n) is 2.61. The number of nitrogens with one attached hydrogen (secondary N) is 1. The van der Waals surface area contributed by atoms with Gasteiger partial charge in [-0.15, -0.1) is 0 Å². The summed E-state index contributed by atoms with van der Waals surface area (Å²) in [6, 6.07) is 5.33. The molecular formula is C15H17Cl2N3O. The molecule has 1 N–H and O–H groups in total. The lowest BCUT2D eigenvalue weighted by atomic mass is 9.95. The number of nitrogens with zero attached hydrogens (tertiary/aromatic N) is 2. The third kappa shape index (κ3) is 3.76. The number of aryl methyl sites for hydroxylation is 1. The Morgan fingerprint density at radius 1 is 1.29 bits per heavy atom. The zero-order valence-electron chi connectivity index (χ0n) is 11.6. The molecule has 1 atom stereocenters. The van der Waals surface area contributed by atoms with Crippen molar-refractivity contribution >= 4 is 23.2 Å². The molecule has 1 aliphatic heterocycles. The molecule has 1 aromatic heterocycles. The SMILES string of the molecule is Clc1ccc(-c2noc(CCC3CCCNC3)n2)cc1Cl. The van der Waals surface area contributed by atoms with Crippen LogP contribution in [-0.4, -0.2) is 23.2 Å². The molecule has 112 valence electrons. The van der Waals surface area contributed by atoms with Crippen LogP contribution in [-0.2, 0) is 6.42 Å². The summed E-state index contributed by atoms with van der Waals surface area (Å²) < 4.78 is 5.32. The average molecular weight is 326 g/mol. The fourth-order valence-corrected chi connectivity index (χ4v) is 2.90. The van der Waals surface area contributed by atoms with Gasteiger partial charge in [0.05, 0.1) is 10.0 Å². The molecule has 0 radical (unpaired) electrons. The number of hydrogen-bond acceptors (Lipinski definition) is 4. The minimum Gasteiger partial charge on any atom is -0.339 e. The fraction of sp³-hybridized carbons (Fsp3) is 0.467. The van der Waals surface area contributed by atoms with Crippen LogP contribution < -0.4 is 5.32 Å². The summed E-state index contributed by atoms with van der Waals surface area (Å²) in [5, 5.41) is 8.45. The van der Waals surface area contributed by atoms with Gasteiger partial charge in [-0.05, 0) is 56.5 Å². The Morgan fingerprint density at radius 2 is 2.19 bits per heavy atom. The first kappa shape index (κ1) is 14.8. The number of aromatic nitrogens is 2. The van der Waals surface area contributed by atoms with Crippen molar-refractivity contribution in [2.24, 2.45) is 5.92 Å². The largest absolute Gasteiger partial charge is 0.339 e. The molecule has 2 heterocycles. The van der Waals surface area contributed by atoms with Crippen molar-refractivity contribution in [2.45, 2.75) is 25.7 Å². The van der Waals surface area contributed by atoms with E-state index in [4.69, 9.17) is 27.7 Å². The van der Waals surface area contributed by atoms with Gasteiger partial charge in [0.25, 0.3) is 0 Å². The first-order valence-corrected chi connectivity index (χ1v) is 7.96. The molecule has 2 aromatic rings. The van der Waals surface area contributed by atoms with Crippen LogP contribution in [0.4, 0.5) is 0 Å². The van der Waals surface area contributed by atoms with E-state index in [1.165, 1.54) is 12.8 Å². The van der Waals surface area contributed by atoms with E-state index in [2.05, 4.69) is 15.5 Å². The van der Waals surface area contributed by atoms with Crippen molar-refractivity contribution in [2.75, 3.05) is 13.1 Å². The van der Waals surface area contributed by atoms with E-state index in [-0.39, 0.29) is 0 Å². The predicted octanol–water partition coefficient (Wildman–Crippen LogP) is 3.98. The first-order valence-electron chi connectivity index (χ1n) is 7.21. The van der Waals surface area contributed by atoms with Crippen molar-refractivity contribution in [1.29, 1.82) is 0 Å². The summed E-state index contributed by atoms with van der Waals surface area (Å²) in [5.41, 5.74) is 0.818. The van der Waals surface area contributed by atoms with Gasteiger partial charge in [0.15, 0.2) is 0 Å². The Bertz CT molecular complexity index is 609. The standard InChI is InChI=1S/C15H17Cl2N3O/c16-12-5-4-11(8-13(12)17)15-19-14(21-20-15)6-3-10-2-1-7-18-9-10/h4-5,8,10,18H,1-3,6-7,9H2. The Labute approximate surface area is 133 Å². The molecule has 3 rings (SSSR count). The van der Waals surface area contributed by atoms with Crippen LogP contribution in [0, 0.1) is 5.92 Å². The first-order chi connectivity index (χ1) is 10.2. The highest BCUT2D eigenvalue weighted by Gasteiger charge is 2.15. The Kier molecular flexibility index (Phi) is 4.78. The second-order valence-electron chi connectivity index (χ2n) is 5.39. The second kappa shape index (κ2) is 6.77. The van der Waals surface area contributed by atoms with Gasteiger partial charge in [-0.3, -0.25) is 0 Å². The van der Waals surface area contributed by atoms with Gasteiger partial charge in [-0.2, -0.15) is 4.98 Å². The van der Waals surface area contributed by atoms with Crippen LogP contribution in [0.5, 0.6) is 0 Å². The Morgan fingerprint density at radius 3 is 2.95 bits per heavy atom. The van der Waals surface area contributed by atoms with E-state index in [0.29, 0.717) is 27.7 Å². The molecular weight excluding hydrogens is 309 g/mol. The number of halogens is 2. The number of piperidine rings is 1. The van der Waals surface area contributed by atoms with Gasteiger partial charge in [0.2, 0.25) is 11.7 Å². The molecule has 4 nitrogen and oxygen atoms in total. The van der Waals surface area contributed by atoms with E-state index in [1.54, 1.807) is 12.1 Å². The van der Waals surface area contributed by atoms with Crippen molar-refractivity contribution in [3.63, 3.8) is 0 Å². The normalized spacial score (nSPS) is 18.9. The number of benzene rings is 1. The van der Waals surface area contributed by atoms with Gasteiger partial charge in [-0.1, -0.05) is 28.4 Å². The van der Waals surface area contributed by atoms with Crippen molar-refractivity contribution in [3.05, 3.63) is 34.1 Å². The summed E-state index contributed by atoms with van der Waals surface area (Å²) in [5.74, 6) is 1.95. The van der Waals surface area contributed by atoms with Crippen molar-refractivity contribution in [1.82, 2.24) is 15.5 Å². The molecule has 1 fully saturated rings. The molecule has 1 saturated heterocycles. The zero-order chi connectivity index (χ0) is 14.7. The molecule has 0 amide bonds. The zero-order valence-corrected chi connectivity index (χ0v) is 13.1. The highest BCUT2D eigenvalue weighted by Crippen LogP contribution is 2.27. The highest BCUT2D eigenvalue weighted by molar-refractivity contribution is 6.42. The van der Waals surface area contributed by atoms with Gasteiger partial charge < -0.3 is 9.84 Å². The maximum absolute atomic E-state index is 6.01. The van der Waals surface area contributed by atoms with E-state index in [9.17, 15) is 0 Å². The molecule has 0 saturated carbocycles. The second-order valence-corrected chi connectivity index (χ2v) is 6.21.